The van der Waals surface area contributed by atoms with Crippen LogP contribution in [0.25, 0.3) is 0 Å². The number of rotatable bonds is 3. The van der Waals surface area contributed by atoms with Crippen molar-refractivity contribution in [2.24, 2.45) is 5.16 Å². The molecule has 20 heavy (non-hydrogen) atoms. The van der Waals surface area contributed by atoms with Crippen LogP contribution in [0.4, 0.5) is 18.9 Å². The quantitative estimate of drug-likeness (QED) is 0.633. The number of hydrogen-bond donors (Lipinski definition) is 0. The molecule has 1 aromatic heterocycles. The molecule has 0 bridgehead atoms. The number of halogens is 3. The van der Waals surface area contributed by atoms with Crippen molar-refractivity contribution in [3.63, 3.8) is 0 Å². The van der Waals surface area contributed by atoms with Crippen LogP contribution in [0, 0.1) is 0 Å². The Morgan fingerprint density at radius 2 is 2.00 bits per heavy atom. The first kappa shape index (κ1) is 14.6. The molecule has 110 valence electrons. The third-order valence-corrected chi connectivity index (χ3v) is 3.21. The number of anilines is 1. The van der Waals surface area contributed by atoms with Crippen molar-refractivity contribution < 1.29 is 18.0 Å². The van der Waals surface area contributed by atoms with E-state index in [0.29, 0.717) is 17.1 Å². The topological polar surface area (TPSA) is 37.7 Å². The van der Waals surface area contributed by atoms with Crippen LogP contribution < -0.4 is 4.90 Å². The summed E-state index contributed by atoms with van der Waals surface area (Å²) in [7, 11) is 1.39. The molecular weight excluding hydrogens is 271 g/mol. The van der Waals surface area contributed by atoms with Crippen LogP contribution in [0.15, 0.2) is 17.4 Å². The maximum Gasteiger partial charge on any atom is 0.417 e. The second-order valence-electron chi connectivity index (χ2n) is 4.64. The number of nitrogens with zero attached hydrogens (tertiary/aromatic N) is 3. The normalized spacial score (nSPS) is 16.6. The monoisotopic (exact) mass is 287 g/mol. The number of hydrogen-bond acceptors (Lipinski definition) is 4. The molecule has 2 heterocycles. The first-order chi connectivity index (χ1) is 9.43. The van der Waals surface area contributed by atoms with E-state index in [1.807, 2.05) is 4.90 Å². The van der Waals surface area contributed by atoms with Gasteiger partial charge in [-0.1, -0.05) is 5.16 Å². The number of pyridine rings is 1. The fourth-order valence-electron chi connectivity index (χ4n) is 2.27. The summed E-state index contributed by atoms with van der Waals surface area (Å²) < 4.78 is 38.5. The van der Waals surface area contributed by atoms with Gasteiger partial charge in [0.2, 0.25) is 0 Å². The molecule has 1 aliphatic rings. The van der Waals surface area contributed by atoms with E-state index in [0.717, 1.165) is 38.2 Å². The molecule has 0 unspecified atom stereocenters. The summed E-state index contributed by atoms with van der Waals surface area (Å²) in [5.41, 5.74) is 0.619. The first-order valence-electron chi connectivity index (χ1n) is 6.34. The van der Waals surface area contributed by atoms with E-state index < -0.39 is 11.7 Å². The van der Waals surface area contributed by atoms with Gasteiger partial charge in [0.05, 0.1) is 11.3 Å². The summed E-state index contributed by atoms with van der Waals surface area (Å²) in [4.78, 5) is 10.5. The van der Waals surface area contributed by atoms with Crippen molar-refractivity contribution >= 4 is 11.4 Å². The smallest absolute Gasteiger partial charge is 0.399 e. The van der Waals surface area contributed by atoms with Crippen LogP contribution >= 0.6 is 0 Å². The Morgan fingerprint density at radius 3 is 2.55 bits per heavy atom. The third kappa shape index (κ3) is 3.02. The van der Waals surface area contributed by atoms with E-state index in [4.69, 9.17) is 0 Å². The molecule has 1 aromatic rings. The Balaban J connectivity index is 2.48. The Bertz CT molecular complexity index is 508. The number of oxime groups is 1. The summed E-state index contributed by atoms with van der Waals surface area (Å²) in [6, 6.07) is 1.14. The maximum atomic E-state index is 12.8. The van der Waals surface area contributed by atoms with Crippen LogP contribution in [0.1, 0.15) is 31.0 Å². The molecule has 7 heteroatoms. The highest BCUT2D eigenvalue weighted by molar-refractivity contribution is 6.01. The molecule has 0 saturated carbocycles. The lowest BCUT2D eigenvalue weighted by Gasteiger charge is -2.21. The fraction of sp³-hybridized carbons (Fsp3) is 0.538. The van der Waals surface area contributed by atoms with Crippen LogP contribution in [0.5, 0.6) is 0 Å². The predicted molar refractivity (Wildman–Crippen MR) is 69.9 cm³/mol. The van der Waals surface area contributed by atoms with Crippen molar-refractivity contribution in [1.29, 1.82) is 0 Å². The van der Waals surface area contributed by atoms with Gasteiger partial charge in [-0.2, -0.15) is 13.2 Å². The Morgan fingerprint density at radius 1 is 1.35 bits per heavy atom. The summed E-state index contributed by atoms with van der Waals surface area (Å²) in [6.45, 7) is 3.13. The molecule has 0 radical (unpaired) electrons. The van der Waals surface area contributed by atoms with Crippen molar-refractivity contribution in [1.82, 2.24) is 4.98 Å². The first-order valence-corrected chi connectivity index (χ1v) is 6.34. The van der Waals surface area contributed by atoms with Crippen molar-refractivity contribution in [3.05, 3.63) is 23.5 Å². The van der Waals surface area contributed by atoms with Crippen LogP contribution in [-0.4, -0.2) is 30.9 Å². The summed E-state index contributed by atoms with van der Waals surface area (Å²) in [6.07, 6.45) is -1.62. The molecule has 4 nitrogen and oxygen atoms in total. The van der Waals surface area contributed by atoms with Gasteiger partial charge >= 0.3 is 6.18 Å². The molecule has 0 amide bonds. The standard InChI is InChI=1S/C13H16F3N3O/c1-9(18-20-2)12-11(19-5-3-4-6-19)7-10(8-17-12)13(14,15)16/h7-8H,3-6H2,1-2H3/b18-9+. The molecule has 1 aliphatic heterocycles. The predicted octanol–water partition coefficient (Wildman–Crippen LogP) is 3.07. The van der Waals surface area contributed by atoms with Gasteiger partial charge < -0.3 is 9.74 Å². The molecule has 1 saturated heterocycles. The highest BCUT2D eigenvalue weighted by atomic mass is 19.4. The second-order valence-corrected chi connectivity index (χ2v) is 4.64. The fourth-order valence-corrected chi connectivity index (χ4v) is 2.27. The van der Waals surface area contributed by atoms with E-state index in [9.17, 15) is 13.2 Å². The van der Waals surface area contributed by atoms with Gasteiger partial charge in [0.25, 0.3) is 0 Å². The average molecular weight is 287 g/mol. The van der Waals surface area contributed by atoms with E-state index in [1.165, 1.54) is 7.11 Å². The third-order valence-electron chi connectivity index (χ3n) is 3.21. The molecule has 0 N–H and O–H groups in total. The highest BCUT2D eigenvalue weighted by Crippen LogP contribution is 2.33. The van der Waals surface area contributed by atoms with Crippen molar-refractivity contribution in [3.8, 4) is 0 Å². The summed E-state index contributed by atoms with van der Waals surface area (Å²) in [5.74, 6) is 0. The van der Waals surface area contributed by atoms with Crippen LogP contribution in [0.2, 0.25) is 0 Å². The van der Waals surface area contributed by atoms with Crippen molar-refractivity contribution in [2.75, 3.05) is 25.1 Å². The Labute approximate surface area is 115 Å². The maximum absolute atomic E-state index is 12.8. The second kappa shape index (κ2) is 5.68. The van der Waals surface area contributed by atoms with Crippen LogP contribution in [-0.2, 0) is 11.0 Å². The van der Waals surface area contributed by atoms with Gasteiger partial charge in [-0.3, -0.25) is 4.98 Å². The van der Waals surface area contributed by atoms with Gasteiger partial charge in [0, 0.05) is 19.3 Å². The SMILES string of the molecule is CO/N=C(\C)c1ncc(C(F)(F)F)cc1N1CCCC1. The minimum atomic E-state index is -4.40. The molecule has 0 atom stereocenters. The lowest BCUT2D eigenvalue weighted by molar-refractivity contribution is -0.137. The van der Waals surface area contributed by atoms with E-state index in [2.05, 4.69) is 15.0 Å². The molecule has 1 fully saturated rings. The largest absolute Gasteiger partial charge is 0.417 e. The molecule has 2 rings (SSSR count). The van der Waals surface area contributed by atoms with Crippen molar-refractivity contribution in [2.45, 2.75) is 25.9 Å². The number of alkyl halides is 3. The zero-order valence-corrected chi connectivity index (χ0v) is 11.4. The van der Waals surface area contributed by atoms with E-state index in [1.54, 1.807) is 6.92 Å². The van der Waals surface area contributed by atoms with Gasteiger partial charge in [-0.05, 0) is 25.8 Å². The Hall–Kier alpha value is -1.79. The average Bonchev–Trinajstić information content (AvgIpc) is 2.91. The molecule has 0 spiro atoms. The lowest BCUT2D eigenvalue weighted by Crippen LogP contribution is -2.22. The highest BCUT2D eigenvalue weighted by Gasteiger charge is 2.33. The van der Waals surface area contributed by atoms with Gasteiger partial charge in [-0.15, -0.1) is 0 Å². The molecule has 0 aromatic carbocycles. The van der Waals surface area contributed by atoms with Gasteiger partial charge in [0.1, 0.15) is 18.5 Å². The summed E-state index contributed by atoms with van der Waals surface area (Å²) in [5, 5.41) is 3.76. The summed E-state index contributed by atoms with van der Waals surface area (Å²) >= 11 is 0. The zero-order valence-electron chi connectivity index (χ0n) is 11.4. The Kier molecular flexibility index (Phi) is 4.15. The van der Waals surface area contributed by atoms with E-state index >= 15 is 0 Å². The zero-order chi connectivity index (χ0) is 14.8. The minimum Gasteiger partial charge on any atom is -0.399 e. The van der Waals surface area contributed by atoms with Crippen LogP contribution in [0.3, 0.4) is 0 Å². The van der Waals surface area contributed by atoms with E-state index in [-0.39, 0.29) is 0 Å². The lowest BCUT2D eigenvalue weighted by atomic mass is 10.1. The molecular formula is C13H16F3N3O. The van der Waals surface area contributed by atoms with Gasteiger partial charge in [-0.25, -0.2) is 0 Å². The molecule has 0 aliphatic carbocycles. The van der Waals surface area contributed by atoms with Gasteiger partial charge in [0.15, 0.2) is 0 Å². The minimum absolute atomic E-state index is 0.432. The number of aromatic nitrogens is 1.